The lowest BCUT2D eigenvalue weighted by Crippen LogP contribution is -2.07. The molecule has 0 radical (unpaired) electrons. The summed E-state index contributed by atoms with van der Waals surface area (Å²) in [7, 11) is 3.51. The minimum absolute atomic E-state index is 0.594. The fraction of sp³-hybridized carbons (Fsp3) is 0.214. The van der Waals surface area contributed by atoms with Crippen molar-refractivity contribution in [3.63, 3.8) is 0 Å². The van der Waals surface area contributed by atoms with Crippen molar-refractivity contribution in [2.24, 2.45) is 0 Å². The minimum Gasteiger partial charge on any atom is -0.493 e. The molecule has 94 valence electrons. The van der Waals surface area contributed by atoms with E-state index in [0.29, 0.717) is 23.9 Å². The number of rotatable bonds is 5. The second kappa shape index (κ2) is 6.02. The van der Waals surface area contributed by atoms with Gasteiger partial charge in [-0.05, 0) is 25.2 Å². The molecule has 0 spiro atoms. The first-order valence-corrected chi connectivity index (χ1v) is 5.74. The van der Waals surface area contributed by atoms with Gasteiger partial charge in [-0.15, -0.1) is 0 Å². The Morgan fingerprint density at radius 1 is 1.11 bits per heavy atom. The zero-order chi connectivity index (χ0) is 12.8. The van der Waals surface area contributed by atoms with Gasteiger partial charge in [0.1, 0.15) is 0 Å². The van der Waals surface area contributed by atoms with Crippen molar-refractivity contribution < 1.29 is 9.47 Å². The van der Waals surface area contributed by atoms with Gasteiger partial charge in [-0.25, -0.2) is 4.98 Å². The Morgan fingerprint density at radius 3 is 2.61 bits per heavy atom. The first kappa shape index (κ1) is 12.4. The summed E-state index contributed by atoms with van der Waals surface area (Å²) in [4.78, 5) is 4.25. The molecule has 4 nitrogen and oxygen atoms in total. The van der Waals surface area contributed by atoms with E-state index in [1.165, 1.54) is 0 Å². The van der Waals surface area contributed by atoms with Crippen molar-refractivity contribution in [2.45, 2.75) is 6.54 Å². The number of aromatic nitrogens is 1. The Kier molecular flexibility index (Phi) is 4.15. The van der Waals surface area contributed by atoms with Crippen LogP contribution in [-0.2, 0) is 6.54 Å². The lowest BCUT2D eigenvalue weighted by atomic mass is 10.2. The van der Waals surface area contributed by atoms with Crippen LogP contribution >= 0.6 is 0 Å². The topological polar surface area (TPSA) is 43.4 Å². The number of methoxy groups -OCH3 is 1. The van der Waals surface area contributed by atoms with Crippen LogP contribution < -0.4 is 14.8 Å². The molecule has 0 saturated carbocycles. The summed E-state index contributed by atoms with van der Waals surface area (Å²) in [5.74, 6) is 1.95. The third kappa shape index (κ3) is 2.78. The number of hydrogen-bond donors (Lipinski definition) is 1. The maximum atomic E-state index is 5.81. The quantitative estimate of drug-likeness (QED) is 0.878. The van der Waals surface area contributed by atoms with Crippen LogP contribution in [0.15, 0.2) is 42.6 Å². The molecule has 1 N–H and O–H groups in total. The first-order chi connectivity index (χ1) is 8.85. The van der Waals surface area contributed by atoms with E-state index >= 15 is 0 Å². The second-order valence-corrected chi connectivity index (χ2v) is 3.75. The lowest BCUT2D eigenvalue weighted by molar-refractivity contribution is 0.372. The third-order valence-corrected chi connectivity index (χ3v) is 2.49. The number of benzene rings is 1. The Hall–Kier alpha value is -2.07. The van der Waals surface area contributed by atoms with Gasteiger partial charge in [-0.2, -0.15) is 0 Å². The highest BCUT2D eigenvalue weighted by Crippen LogP contribution is 2.31. The third-order valence-electron chi connectivity index (χ3n) is 2.49. The molecule has 0 aliphatic carbocycles. The van der Waals surface area contributed by atoms with Crippen LogP contribution in [0.4, 0.5) is 0 Å². The van der Waals surface area contributed by atoms with E-state index in [4.69, 9.17) is 9.47 Å². The fourth-order valence-electron chi connectivity index (χ4n) is 1.65. The average molecular weight is 244 g/mol. The van der Waals surface area contributed by atoms with Crippen LogP contribution in [0.3, 0.4) is 0 Å². The molecule has 0 saturated heterocycles. The molecule has 0 aliphatic heterocycles. The van der Waals surface area contributed by atoms with Crippen LogP contribution in [0, 0.1) is 0 Å². The SMILES string of the molecule is CNCc1cccnc1Oc1ccccc1OC. The molecule has 2 aromatic rings. The molecule has 2 rings (SSSR count). The Morgan fingerprint density at radius 2 is 1.89 bits per heavy atom. The van der Waals surface area contributed by atoms with E-state index in [1.807, 2.05) is 43.4 Å². The van der Waals surface area contributed by atoms with Gasteiger partial charge in [0.25, 0.3) is 0 Å². The number of pyridine rings is 1. The summed E-state index contributed by atoms with van der Waals surface area (Å²) < 4.78 is 11.1. The summed E-state index contributed by atoms with van der Waals surface area (Å²) in [6.45, 7) is 0.707. The molecule has 4 heteroatoms. The summed E-state index contributed by atoms with van der Waals surface area (Å²) >= 11 is 0. The van der Waals surface area contributed by atoms with Crippen molar-refractivity contribution in [3.05, 3.63) is 48.2 Å². The van der Waals surface area contributed by atoms with E-state index in [1.54, 1.807) is 13.3 Å². The summed E-state index contributed by atoms with van der Waals surface area (Å²) in [5.41, 5.74) is 1.01. The van der Waals surface area contributed by atoms with E-state index in [2.05, 4.69) is 10.3 Å². The van der Waals surface area contributed by atoms with Crippen molar-refractivity contribution in [3.8, 4) is 17.4 Å². The summed E-state index contributed by atoms with van der Waals surface area (Å²) in [5, 5.41) is 3.09. The van der Waals surface area contributed by atoms with Crippen molar-refractivity contribution in [1.29, 1.82) is 0 Å². The molecule has 0 fully saturated rings. The molecule has 0 bridgehead atoms. The van der Waals surface area contributed by atoms with Gasteiger partial charge in [0, 0.05) is 18.3 Å². The standard InChI is InChI=1S/C14H16N2O2/c1-15-10-11-6-5-9-16-14(11)18-13-8-4-3-7-12(13)17-2/h3-9,15H,10H2,1-2H3. The van der Waals surface area contributed by atoms with Gasteiger partial charge in [0.15, 0.2) is 11.5 Å². The molecular weight excluding hydrogens is 228 g/mol. The number of para-hydroxylation sites is 2. The zero-order valence-corrected chi connectivity index (χ0v) is 10.5. The Bertz CT molecular complexity index is 515. The minimum atomic E-state index is 0.594. The largest absolute Gasteiger partial charge is 0.493 e. The van der Waals surface area contributed by atoms with Gasteiger partial charge in [0.2, 0.25) is 5.88 Å². The summed E-state index contributed by atoms with van der Waals surface area (Å²) in [6, 6.07) is 11.4. The highest BCUT2D eigenvalue weighted by atomic mass is 16.5. The molecule has 0 aliphatic rings. The van der Waals surface area contributed by atoms with E-state index in [-0.39, 0.29) is 0 Å². The average Bonchev–Trinajstić information content (AvgIpc) is 2.42. The molecule has 1 aromatic carbocycles. The number of hydrogen-bond acceptors (Lipinski definition) is 4. The number of nitrogens with one attached hydrogen (secondary N) is 1. The molecule has 0 unspecified atom stereocenters. The maximum Gasteiger partial charge on any atom is 0.223 e. The van der Waals surface area contributed by atoms with Crippen LogP contribution in [0.1, 0.15) is 5.56 Å². The predicted molar refractivity (Wildman–Crippen MR) is 70.1 cm³/mol. The van der Waals surface area contributed by atoms with Crippen molar-refractivity contribution in [1.82, 2.24) is 10.3 Å². The first-order valence-electron chi connectivity index (χ1n) is 5.74. The Balaban J connectivity index is 2.28. The second-order valence-electron chi connectivity index (χ2n) is 3.75. The van der Waals surface area contributed by atoms with Crippen LogP contribution in [0.2, 0.25) is 0 Å². The van der Waals surface area contributed by atoms with Gasteiger partial charge in [-0.3, -0.25) is 0 Å². The van der Waals surface area contributed by atoms with E-state index in [0.717, 1.165) is 5.56 Å². The van der Waals surface area contributed by atoms with Gasteiger partial charge in [-0.1, -0.05) is 18.2 Å². The van der Waals surface area contributed by atoms with Crippen molar-refractivity contribution >= 4 is 0 Å². The molecule has 18 heavy (non-hydrogen) atoms. The highest BCUT2D eigenvalue weighted by molar-refractivity contribution is 5.42. The van der Waals surface area contributed by atoms with Crippen molar-refractivity contribution in [2.75, 3.05) is 14.2 Å². The van der Waals surface area contributed by atoms with Crippen LogP contribution in [0.5, 0.6) is 17.4 Å². The van der Waals surface area contributed by atoms with Crippen LogP contribution in [0.25, 0.3) is 0 Å². The van der Waals surface area contributed by atoms with E-state index < -0.39 is 0 Å². The molecule has 0 amide bonds. The number of ether oxygens (including phenoxy) is 2. The van der Waals surface area contributed by atoms with Gasteiger partial charge < -0.3 is 14.8 Å². The smallest absolute Gasteiger partial charge is 0.223 e. The summed E-state index contributed by atoms with van der Waals surface area (Å²) in [6.07, 6.45) is 1.71. The maximum absolute atomic E-state index is 5.81. The number of nitrogens with zero attached hydrogens (tertiary/aromatic N) is 1. The zero-order valence-electron chi connectivity index (χ0n) is 10.5. The van der Waals surface area contributed by atoms with Gasteiger partial charge in [0.05, 0.1) is 7.11 Å². The molecule has 1 aromatic heterocycles. The fourth-order valence-corrected chi connectivity index (χ4v) is 1.65. The molecule has 1 heterocycles. The Labute approximate surface area is 107 Å². The lowest BCUT2D eigenvalue weighted by Gasteiger charge is -2.11. The predicted octanol–water partition coefficient (Wildman–Crippen LogP) is 2.60. The van der Waals surface area contributed by atoms with Gasteiger partial charge >= 0.3 is 0 Å². The monoisotopic (exact) mass is 244 g/mol. The highest BCUT2D eigenvalue weighted by Gasteiger charge is 2.08. The van der Waals surface area contributed by atoms with Crippen LogP contribution in [-0.4, -0.2) is 19.1 Å². The molecule has 0 atom stereocenters. The normalized spacial score (nSPS) is 10.1. The van der Waals surface area contributed by atoms with E-state index in [9.17, 15) is 0 Å². The molecular formula is C14H16N2O2.